The third-order valence-electron chi connectivity index (χ3n) is 3.72. The van der Waals surface area contributed by atoms with Gasteiger partial charge in [0, 0.05) is 35.2 Å². The molecule has 0 aliphatic heterocycles. The van der Waals surface area contributed by atoms with E-state index in [1.54, 1.807) is 6.07 Å². The molecular weight excluding hydrogens is 315 g/mol. The van der Waals surface area contributed by atoms with E-state index in [0.29, 0.717) is 10.0 Å². The Balaban J connectivity index is 2.21. The molecule has 0 atom stereocenters. The maximum absolute atomic E-state index is 6.38. The Morgan fingerprint density at radius 2 is 1.86 bits per heavy atom. The van der Waals surface area contributed by atoms with Gasteiger partial charge < -0.3 is 9.80 Å². The van der Waals surface area contributed by atoms with Gasteiger partial charge in [-0.05, 0) is 57.3 Å². The van der Waals surface area contributed by atoms with Crippen LogP contribution in [-0.4, -0.2) is 50.6 Å². The lowest BCUT2D eigenvalue weighted by Gasteiger charge is -2.24. The molecule has 1 aromatic carbocycles. The molecule has 1 aliphatic rings. The first kappa shape index (κ1) is 17.6. The number of hydrogen-bond acceptors (Lipinski definition) is 2. The van der Waals surface area contributed by atoms with Crippen LogP contribution in [0.1, 0.15) is 12.0 Å². The minimum absolute atomic E-state index is 0.669. The van der Waals surface area contributed by atoms with Crippen LogP contribution in [0.25, 0.3) is 5.57 Å². The van der Waals surface area contributed by atoms with E-state index in [4.69, 9.17) is 23.2 Å². The number of benzene rings is 1. The molecule has 0 amide bonds. The second-order valence-corrected chi connectivity index (χ2v) is 6.79. The van der Waals surface area contributed by atoms with Crippen molar-refractivity contribution in [3.8, 4) is 0 Å². The number of nitrogens with zero attached hydrogens (tertiary/aromatic N) is 2. The maximum atomic E-state index is 6.38. The summed E-state index contributed by atoms with van der Waals surface area (Å²) >= 11 is 12.4. The van der Waals surface area contributed by atoms with Gasteiger partial charge in [0.1, 0.15) is 0 Å². The molecule has 2 nitrogen and oxygen atoms in total. The molecule has 2 rings (SSSR count). The van der Waals surface area contributed by atoms with Crippen LogP contribution >= 0.6 is 23.2 Å². The third-order valence-corrected chi connectivity index (χ3v) is 4.27. The Morgan fingerprint density at radius 3 is 2.55 bits per heavy atom. The van der Waals surface area contributed by atoms with E-state index in [0.717, 1.165) is 31.6 Å². The predicted molar refractivity (Wildman–Crippen MR) is 97.5 cm³/mol. The van der Waals surface area contributed by atoms with Crippen LogP contribution in [-0.2, 0) is 0 Å². The average molecular weight is 338 g/mol. The molecule has 0 spiro atoms. The minimum Gasteiger partial charge on any atom is -0.308 e. The average Bonchev–Trinajstić information content (AvgIpc) is 2.46. The first-order valence-electron chi connectivity index (χ1n) is 7.49. The van der Waals surface area contributed by atoms with Crippen LogP contribution in [0.15, 0.2) is 35.9 Å². The van der Waals surface area contributed by atoms with Crippen molar-refractivity contribution in [2.75, 3.05) is 40.8 Å². The van der Waals surface area contributed by atoms with Crippen molar-refractivity contribution in [1.82, 2.24) is 9.80 Å². The van der Waals surface area contributed by atoms with Crippen LogP contribution in [0.5, 0.6) is 0 Å². The summed E-state index contributed by atoms with van der Waals surface area (Å²) in [7, 11) is 6.35. The van der Waals surface area contributed by atoms with E-state index < -0.39 is 0 Å². The molecular formula is C18H23Cl2N2. The molecule has 0 heterocycles. The molecule has 4 heteroatoms. The van der Waals surface area contributed by atoms with Crippen LogP contribution in [0.4, 0.5) is 0 Å². The van der Waals surface area contributed by atoms with Crippen molar-refractivity contribution in [2.24, 2.45) is 0 Å². The lowest BCUT2D eigenvalue weighted by molar-refractivity contribution is 0.298. The Labute approximate surface area is 144 Å². The largest absolute Gasteiger partial charge is 0.308 e. The molecule has 0 aromatic heterocycles. The summed E-state index contributed by atoms with van der Waals surface area (Å²) in [5.41, 5.74) is 3.58. The molecule has 0 saturated heterocycles. The van der Waals surface area contributed by atoms with E-state index in [1.807, 2.05) is 12.1 Å². The third kappa shape index (κ3) is 4.85. The number of allylic oxidation sites excluding steroid dienone is 3. The van der Waals surface area contributed by atoms with Gasteiger partial charge >= 0.3 is 0 Å². The summed E-state index contributed by atoms with van der Waals surface area (Å²) in [6.07, 6.45) is 7.60. The fourth-order valence-corrected chi connectivity index (χ4v) is 2.98. The predicted octanol–water partition coefficient (Wildman–Crippen LogP) is 4.40. The molecule has 0 N–H and O–H groups in total. The number of likely N-dealkylation sites (N-methyl/N-ethyl adjacent to an activating group) is 2. The van der Waals surface area contributed by atoms with Crippen LogP contribution < -0.4 is 0 Å². The fourth-order valence-electron chi connectivity index (χ4n) is 2.47. The molecule has 0 saturated carbocycles. The summed E-state index contributed by atoms with van der Waals surface area (Å²) in [5, 5.41) is 1.37. The van der Waals surface area contributed by atoms with Gasteiger partial charge in [-0.15, -0.1) is 0 Å². The van der Waals surface area contributed by atoms with E-state index in [9.17, 15) is 0 Å². The maximum Gasteiger partial charge on any atom is 0.0499 e. The topological polar surface area (TPSA) is 6.48 Å². The van der Waals surface area contributed by atoms with Gasteiger partial charge in [0.15, 0.2) is 0 Å². The van der Waals surface area contributed by atoms with Gasteiger partial charge in [-0.3, -0.25) is 0 Å². The Hall–Kier alpha value is -0.800. The zero-order chi connectivity index (χ0) is 16.1. The molecule has 119 valence electrons. The monoisotopic (exact) mass is 337 g/mol. The molecule has 1 radical (unpaired) electrons. The van der Waals surface area contributed by atoms with Gasteiger partial charge in [0.2, 0.25) is 0 Å². The Kier molecular flexibility index (Phi) is 6.51. The van der Waals surface area contributed by atoms with Crippen LogP contribution in [0.2, 0.25) is 10.0 Å². The molecule has 1 aromatic rings. The quantitative estimate of drug-likeness (QED) is 0.758. The number of rotatable bonds is 6. The highest BCUT2D eigenvalue weighted by atomic mass is 35.5. The van der Waals surface area contributed by atoms with Crippen molar-refractivity contribution < 1.29 is 0 Å². The SMILES string of the molecule is CN(C)CCN(C)CC1=C(c2ccc(Cl)cc2Cl)C=CC[CH]1. The Bertz CT molecular complexity index is 576. The summed E-state index contributed by atoms with van der Waals surface area (Å²) in [6, 6.07) is 5.70. The van der Waals surface area contributed by atoms with E-state index in [1.165, 1.54) is 11.1 Å². The van der Waals surface area contributed by atoms with Gasteiger partial charge in [-0.25, -0.2) is 0 Å². The highest BCUT2D eigenvalue weighted by Crippen LogP contribution is 2.33. The van der Waals surface area contributed by atoms with Crippen molar-refractivity contribution in [2.45, 2.75) is 6.42 Å². The second-order valence-electron chi connectivity index (χ2n) is 5.95. The number of hydrogen-bond donors (Lipinski definition) is 0. The highest BCUT2D eigenvalue weighted by molar-refractivity contribution is 6.35. The van der Waals surface area contributed by atoms with Crippen molar-refractivity contribution in [1.29, 1.82) is 0 Å². The van der Waals surface area contributed by atoms with E-state index >= 15 is 0 Å². The van der Waals surface area contributed by atoms with Crippen molar-refractivity contribution in [3.05, 3.63) is 58.0 Å². The molecule has 0 bridgehead atoms. The van der Waals surface area contributed by atoms with Gasteiger partial charge in [-0.1, -0.05) is 41.4 Å². The van der Waals surface area contributed by atoms with Crippen LogP contribution in [0.3, 0.4) is 0 Å². The second kappa shape index (κ2) is 8.16. The minimum atomic E-state index is 0.669. The lowest BCUT2D eigenvalue weighted by atomic mass is 9.92. The first-order valence-corrected chi connectivity index (χ1v) is 8.24. The molecule has 0 unspecified atom stereocenters. The zero-order valence-corrected chi connectivity index (χ0v) is 15.0. The van der Waals surface area contributed by atoms with Crippen molar-refractivity contribution >= 4 is 28.8 Å². The zero-order valence-electron chi connectivity index (χ0n) is 13.4. The fraction of sp³-hybridized carbons (Fsp3) is 0.389. The number of halogens is 2. The van der Waals surface area contributed by atoms with Gasteiger partial charge in [-0.2, -0.15) is 0 Å². The smallest absolute Gasteiger partial charge is 0.0499 e. The first-order chi connectivity index (χ1) is 10.5. The van der Waals surface area contributed by atoms with Crippen LogP contribution in [0, 0.1) is 6.42 Å². The van der Waals surface area contributed by atoms with E-state index in [2.05, 4.69) is 49.5 Å². The Morgan fingerprint density at radius 1 is 1.09 bits per heavy atom. The molecule has 0 fully saturated rings. The summed E-state index contributed by atoms with van der Waals surface area (Å²) in [6.45, 7) is 3.01. The molecule has 22 heavy (non-hydrogen) atoms. The summed E-state index contributed by atoms with van der Waals surface area (Å²) in [4.78, 5) is 4.54. The van der Waals surface area contributed by atoms with E-state index in [-0.39, 0.29) is 0 Å². The standard InChI is InChI=1S/C18H23Cl2N2/c1-21(2)10-11-22(3)13-14-6-4-5-7-16(14)17-9-8-15(19)12-18(17)20/h5-9,12H,4,10-11,13H2,1-3H3. The lowest BCUT2D eigenvalue weighted by Crippen LogP contribution is -2.30. The van der Waals surface area contributed by atoms with Gasteiger partial charge in [0.05, 0.1) is 0 Å². The molecule has 1 aliphatic carbocycles. The van der Waals surface area contributed by atoms with Gasteiger partial charge in [0.25, 0.3) is 0 Å². The summed E-state index contributed by atoms with van der Waals surface area (Å²) < 4.78 is 0. The normalized spacial score (nSPS) is 15.2. The summed E-state index contributed by atoms with van der Waals surface area (Å²) in [5.74, 6) is 0. The van der Waals surface area contributed by atoms with Crippen molar-refractivity contribution in [3.63, 3.8) is 0 Å². The highest BCUT2D eigenvalue weighted by Gasteiger charge is 2.15.